The number of aliphatic hydroxyl groups excluding tert-OH is 1. The Morgan fingerprint density at radius 3 is 2.81 bits per heavy atom. The normalized spacial score (nSPS) is 18.6. The van der Waals surface area contributed by atoms with Crippen molar-refractivity contribution in [2.45, 2.75) is 24.9 Å². The molecule has 1 aliphatic carbocycles. The molecule has 4 heterocycles. The lowest BCUT2D eigenvalue weighted by Crippen LogP contribution is -2.33. The minimum absolute atomic E-state index is 0.00303. The zero-order chi connectivity index (χ0) is 25.0. The third-order valence-corrected chi connectivity index (χ3v) is 6.91. The van der Waals surface area contributed by atoms with Crippen molar-refractivity contribution in [2.75, 3.05) is 45.4 Å². The molecule has 0 bridgehead atoms. The van der Waals surface area contributed by atoms with Crippen LogP contribution in [0.25, 0.3) is 33.1 Å². The molecule has 3 aromatic heterocycles. The number of pyridine rings is 1. The number of nitrogens with zero attached hydrogens (tertiary/aromatic N) is 5. The highest BCUT2D eigenvalue weighted by molar-refractivity contribution is 6.33. The molecule has 0 radical (unpaired) electrons. The number of benzene rings is 1. The fourth-order valence-corrected chi connectivity index (χ4v) is 5.18. The largest absolute Gasteiger partial charge is 0.480 e. The topological polar surface area (TPSA) is 119 Å². The van der Waals surface area contributed by atoms with E-state index in [4.69, 9.17) is 25.8 Å². The summed E-state index contributed by atoms with van der Waals surface area (Å²) in [6.45, 7) is 1.23. The first-order valence-electron chi connectivity index (χ1n) is 11.7. The van der Waals surface area contributed by atoms with Crippen LogP contribution in [0.1, 0.15) is 24.3 Å². The maximum absolute atomic E-state index is 16.5. The molecular formula is C24H24ClFN6O4. The number of methoxy groups -OCH3 is 2. The molecule has 1 aliphatic heterocycles. The van der Waals surface area contributed by atoms with Gasteiger partial charge in [0, 0.05) is 29.1 Å². The quantitative estimate of drug-likeness (QED) is 0.412. The number of rotatable bonds is 5. The SMILES string of the molecule is COc1nc(N2CCOCC(O)C2)c2c(OC)nc(-c3c(C4CC4)c(Cl)cc4[nH]ncc34)c(F)c2n1. The van der Waals surface area contributed by atoms with Gasteiger partial charge in [0.25, 0.3) is 0 Å². The lowest BCUT2D eigenvalue weighted by Gasteiger charge is -2.25. The summed E-state index contributed by atoms with van der Waals surface area (Å²) in [4.78, 5) is 15.3. The molecule has 0 amide bonds. The number of anilines is 1. The number of aromatic nitrogens is 5. The van der Waals surface area contributed by atoms with Crippen molar-refractivity contribution in [2.24, 2.45) is 0 Å². The monoisotopic (exact) mass is 514 g/mol. The van der Waals surface area contributed by atoms with E-state index in [-0.39, 0.29) is 47.6 Å². The molecule has 2 aliphatic rings. The second kappa shape index (κ2) is 8.99. The molecule has 1 aromatic carbocycles. The van der Waals surface area contributed by atoms with Crippen LogP contribution in [0.5, 0.6) is 11.9 Å². The Morgan fingerprint density at radius 2 is 2.06 bits per heavy atom. The maximum Gasteiger partial charge on any atom is 0.318 e. The van der Waals surface area contributed by atoms with Gasteiger partial charge in [0.05, 0.1) is 45.3 Å². The minimum atomic E-state index is -0.742. The summed E-state index contributed by atoms with van der Waals surface area (Å²) in [7, 11) is 2.88. The predicted octanol–water partition coefficient (Wildman–Crippen LogP) is 3.45. The van der Waals surface area contributed by atoms with Gasteiger partial charge in [0.15, 0.2) is 5.82 Å². The fourth-order valence-electron chi connectivity index (χ4n) is 4.82. The van der Waals surface area contributed by atoms with E-state index in [0.29, 0.717) is 40.5 Å². The Kier molecular flexibility index (Phi) is 5.78. The summed E-state index contributed by atoms with van der Waals surface area (Å²) < 4.78 is 33.0. The Morgan fingerprint density at radius 1 is 1.22 bits per heavy atom. The van der Waals surface area contributed by atoms with Gasteiger partial charge >= 0.3 is 6.01 Å². The van der Waals surface area contributed by atoms with Crippen LogP contribution in [0.2, 0.25) is 5.02 Å². The third kappa shape index (κ3) is 3.78. The molecule has 4 aromatic rings. The molecule has 10 nitrogen and oxygen atoms in total. The van der Waals surface area contributed by atoms with Crippen LogP contribution in [-0.2, 0) is 4.74 Å². The summed E-state index contributed by atoms with van der Waals surface area (Å²) in [5, 5.41) is 18.9. The Labute approximate surface area is 210 Å². The Bertz CT molecular complexity index is 1480. The van der Waals surface area contributed by atoms with Crippen molar-refractivity contribution >= 4 is 39.2 Å². The van der Waals surface area contributed by atoms with Gasteiger partial charge in [0.1, 0.15) is 22.4 Å². The van der Waals surface area contributed by atoms with Gasteiger partial charge in [-0.1, -0.05) is 11.6 Å². The molecule has 188 valence electrons. The van der Waals surface area contributed by atoms with Gasteiger partial charge < -0.3 is 24.2 Å². The summed E-state index contributed by atoms with van der Waals surface area (Å²) >= 11 is 6.68. The average Bonchev–Trinajstić information content (AvgIpc) is 3.65. The van der Waals surface area contributed by atoms with E-state index in [1.54, 1.807) is 11.1 Å². The lowest BCUT2D eigenvalue weighted by atomic mass is 9.95. The van der Waals surface area contributed by atoms with Gasteiger partial charge in [-0.15, -0.1) is 0 Å². The van der Waals surface area contributed by atoms with Crippen molar-refractivity contribution in [3.63, 3.8) is 0 Å². The highest BCUT2D eigenvalue weighted by Crippen LogP contribution is 2.51. The first kappa shape index (κ1) is 23.1. The van der Waals surface area contributed by atoms with Crippen LogP contribution in [0.4, 0.5) is 10.2 Å². The van der Waals surface area contributed by atoms with Gasteiger partial charge in [-0.3, -0.25) is 5.10 Å². The van der Waals surface area contributed by atoms with E-state index >= 15 is 4.39 Å². The molecule has 0 spiro atoms. The number of hydrogen-bond donors (Lipinski definition) is 2. The van der Waals surface area contributed by atoms with Crippen LogP contribution in [-0.4, -0.2) is 76.9 Å². The van der Waals surface area contributed by atoms with Gasteiger partial charge in [-0.05, 0) is 30.4 Å². The van der Waals surface area contributed by atoms with E-state index in [9.17, 15) is 5.11 Å². The number of aliphatic hydroxyl groups is 1. The van der Waals surface area contributed by atoms with E-state index in [1.807, 2.05) is 6.07 Å². The molecule has 2 fully saturated rings. The van der Waals surface area contributed by atoms with Gasteiger partial charge in [-0.2, -0.15) is 15.1 Å². The van der Waals surface area contributed by atoms with Crippen molar-refractivity contribution < 1.29 is 23.7 Å². The lowest BCUT2D eigenvalue weighted by molar-refractivity contribution is 0.0597. The zero-order valence-corrected chi connectivity index (χ0v) is 20.5. The number of nitrogens with one attached hydrogen (secondary N) is 1. The minimum Gasteiger partial charge on any atom is -0.480 e. The number of fused-ring (bicyclic) bond motifs is 2. The van der Waals surface area contributed by atoms with Gasteiger partial charge in [0.2, 0.25) is 5.88 Å². The van der Waals surface area contributed by atoms with Crippen LogP contribution in [0, 0.1) is 5.82 Å². The van der Waals surface area contributed by atoms with E-state index in [0.717, 1.165) is 18.4 Å². The fraction of sp³-hybridized carbons (Fsp3) is 0.417. The highest BCUT2D eigenvalue weighted by Gasteiger charge is 2.34. The predicted molar refractivity (Wildman–Crippen MR) is 132 cm³/mol. The number of β-amino-alcohol motifs (C(OH)–C–C–N with tert-alkyl or cyclic N) is 1. The number of halogens is 2. The van der Waals surface area contributed by atoms with Crippen LogP contribution in [0.15, 0.2) is 12.3 Å². The van der Waals surface area contributed by atoms with Crippen molar-refractivity contribution in [1.82, 2.24) is 25.1 Å². The van der Waals surface area contributed by atoms with Crippen LogP contribution >= 0.6 is 11.6 Å². The van der Waals surface area contributed by atoms with E-state index in [2.05, 4.69) is 25.1 Å². The molecule has 1 saturated heterocycles. The second-order valence-electron chi connectivity index (χ2n) is 8.97. The molecule has 1 atom stereocenters. The number of aromatic amines is 1. The van der Waals surface area contributed by atoms with E-state index < -0.39 is 11.9 Å². The molecule has 1 saturated carbocycles. The van der Waals surface area contributed by atoms with E-state index in [1.165, 1.54) is 14.2 Å². The van der Waals surface area contributed by atoms with Crippen LogP contribution in [0.3, 0.4) is 0 Å². The van der Waals surface area contributed by atoms with Crippen LogP contribution < -0.4 is 14.4 Å². The molecule has 1 unspecified atom stereocenters. The smallest absolute Gasteiger partial charge is 0.318 e. The highest BCUT2D eigenvalue weighted by atomic mass is 35.5. The molecule has 6 rings (SSSR count). The third-order valence-electron chi connectivity index (χ3n) is 6.59. The van der Waals surface area contributed by atoms with Crippen molar-refractivity contribution in [3.8, 4) is 23.1 Å². The maximum atomic E-state index is 16.5. The molecular weight excluding hydrogens is 491 g/mol. The Hall–Kier alpha value is -3.28. The number of H-pyrrole nitrogens is 1. The summed E-state index contributed by atoms with van der Waals surface area (Å²) in [5.74, 6) is 0.0602. The summed E-state index contributed by atoms with van der Waals surface area (Å²) in [6, 6.07) is 1.80. The Balaban J connectivity index is 1.66. The molecule has 36 heavy (non-hydrogen) atoms. The number of ether oxygens (including phenoxy) is 3. The first-order chi connectivity index (χ1) is 17.5. The number of hydrogen-bond acceptors (Lipinski definition) is 9. The molecule has 2 N–H and O–H groups in total. The summed E-state index contributed by atoms with van der Waals surface area (Å²) in [5.41, 5.74) is 2.16. The first-order valence-corrected chi connectivity index (χ1v) is 12.0. The summed E-state index contributed by atoms with van der Waals surface area (Å²) in [6.07, 6.45) is 2.83. The zero-order valence-electron chi connectivity index (χ0n) is 19.7. The van der Waals surface area contributed by atoms with Crippen molar-refractivity contribution in [3.05, 3.63) is 28.7 Å². The molecule has 12 heteroatoms. The van der Waals surface area contributed by atoms with Gasteiger partial charge in [-0.25, -0.2) is 9.37 Å². The van der Waals surface area contributed by atoms with Crippen molar-refractivity contribution in [1.29, 1.82) is 0 Å². The standard InChI is InChI=1S/C24H24ClFN6O4/c1-34-23-18-21(29-24(35-2)30-22(18)32-5-6-36-10-12(33)9-32)19(26)20(28-23)17-13-8-27-31-15(13)7-14(25)16(17)11-3-4-11/h7-8,11-12,33H,3-6,9-10H2,1-2H3,(H,27,31). The second-order valence-corrected chi connectivity index (χ2v) is 9.38. The average molecular weight is 515 g/mol.